The summed E-state index contributed by atoms with van der Waals surface area (Å²) in [6.45, 7) is 2.93. The zero-order chi connectivity index (χ0) is 20.7. The maximum Gasteiger partial charge on any atom is 0.243 e. The number of piperidine rings is 1. The summed E-state index contributed by atoms with van der Waals surface area (Å²) in [6.07, 6.45) is 1.53. The molecule has 0 aliphatic carbocycles. The first kappa shape index (κ1) is 19.1. The smallest absolute Gasteiger partial charge is 0.243 e. The second-order valence-corrected chi connectivity index (χ2v) is 9.48. The van der Waals surface area contributed by atoms with Crippen LogP contribution in [-0.2, 0) is 10.0 Å². The molecule has 0 amide bonds. The molecule has 0 saturated carbocycles. The summed E-state index contributed by atoms with van der Waals surface area (Å²) in [4.78, 5) is 4.84. The number of hydrogen-bond donors (Lipinski definition) is 0. The lowest BCUT2D eigenvalue weighted by molar-refractivity contribution is 0.174. The first-order valence-corrected chi connectivity index (χ1v) is 11.3. The maximum atomic E-state index is 13.0. The highest BCUT2D eigenvalue weighted by atomic mass is 32.2. The Balaban J connectivity index is 1.36. The van der Waals surface area contributed by atoms with Gasteiger partial charge < -0.3 is 14.0 Å². The molecule has 9 heteroatoms. The van der Waals surface area contributed by atoms with Crippen molar-refractivity contribution in [3.63, 3.8) is 0 Å². The molecular formula is C21H21N3O5S. The zero-order valence-corrected chi connectivity index (χ0v) is 17.3. The van der Waals surface area contributed by atoms with Crippen molar-refractivity contribution in [1.82, 2.24) is 14.4 Å². The van der Waals surface area contributed by atoms with E-state index >= 15 is 0 Å². The van der Waals surface area contributed by atoms with Crippen LogP contribution in [0.5, 0.6) is 11.5 Å². The monoisotopic (exact) mass is 427 g/mol. The molecule has 1 atom stereocenters. The van der Waals surface area contributed by atoms with Crippen molar-refractivity contribution in [3.05, 3.63) is 53.9 Å². The summed E-state index contributed by atoms with van der Waals surface area (Å²) >= 11 is 0. The van der Waals surface area contributed by atoms with Gasteiger partial charge >= 0.3 is 0 Å². The third kappa shape index (κ3) is 3.44. The van der Waals surface area contributed by atoms with E-state index in [0.717, 1.165) is 24.0 Å². The lowest BCUT2D eigenvalue weighted by atomic mass is 10.00. The number of fused-ring (bicyclic) bond motifs is 1. The van der Waals surface area contributed by atoms with Crippen LogP contribution in [0.1, 0.15) is 30.2 Å². The van der Waals surface area contributed by atoms with Crippen LogP contribution in [0.2, 0.25) is 0 Å². The molecule has 1 fully saturated rings. The third-order valence-electron chi connectivity index (χ3n) is 5.46. The quantitative estimate of drug-likeness (QED) is 0.630. The minimum Gasteiger partial charge on any atom is -0.454 e. The first-order valence-electron chi connectivity index (χ1n) is 9.81. The molecule has 1 saturated heterocycles. The van der Waals surface area contributed by atoms with Gasteiger partial charge in [-0.2, -0.15) is 9.29 Å². The number of rotatable bonds is 4. The average Bonchev–Trinajstić information content (AvgIpc) is 3.43. The lowest BCUT2D eigenvalue weighted by Crippen LogP contribution is -2.39. The Morgan fingerprint density at radius 3 is 2.70 bits per heavy atom. The number of nitrogens with zero attached hydrogens (tertiary/aromatic N) is 3. The zero-order valence-electron chi connectivity index (χ0n) is 16.4. The van der Waals surface area contributed by atoms with Crippen LogP contribution >= 0.6 is 0 Å². The number of ether oxygens (including phenoxy) is 2. The van der Waals surface area contributed by atoms with Gasteiger partial charge in [-0.15, -0.1) is 0 Å². The molecule has 156 valence electrons. The highest BCUT2D eigenvalue weighted by molar-refractivity contribution is 7.89. The highest BCUT2D eigenvalue weighted by Gasteiger charge is 2.33. The molecule has 1 unspecified atom stereocenters. The fraction of sp³-hybridized carbons (Fsp3) is 0.333. The van der Waals surface area contributed by atoms with Crippen molar-refractivity contribution < 1.29 is 22.4 Å². The largest absolute Gasteiger partial charge is 0.454 e. The predicted molar refractivity (Wildman–Crippen MR) is 108 cm³/mol. The van der Waals surface area contributed by atoms with Crippen LogP contribution in [-0.4, -0.2) is 42.7 Å². The number of hydrogen-bond acceptors (Lipinski definition) is 7. The van der Waals surface area contributed by atoms with E-state index < -0.39 is 10.0 Å². The summed E-state index contributed by atoms with van der Waals surface area (Å²) < 4.78 is 43.8. The molecule has 2 aromatic carbocycles. The van der Waals surface area contributed by atoms with E-state index in [9.17, 15) is 8.42 Å². The van der Waals surface area contributed by atoms with Gasteiger partial charge in [0, 0.05) is 18.7 Å². The van der Waals surface area contributed by atoms with Gasteiger partial charge in [-0.3, -0.25) is 0 Å². The second kappa shape index (κ2) is 7.41. The molecule has 0 bridgehead atoms. The molecule has 5 rings (SSSR count). The summed E-state index contributed by atoms with van der Waals surface area (Å²) in [5, 5.41) is 4.09. The summed E-state index contributed by atoms with van der Waals surface area (Å²) in [7, 11) is -3.56. The van der Waals surface area contributed by atoms with Crippen molar-refractivity contribution in [2.75, 3.05) is 19.9 Å². The second-order valence-electron chi connectivity index (χ2n) is 7.54. The van der Waals surface area contributed by atoms with Crippen LogP contribution in [0, 0.1) is 6.92 Å². The molecule has 0 spiro atoms. The lowest BCUT2D eigenvalue weighted by Gasteiger charge is -2.30. The van der Waals surface area contributed by atoms with Crippen LogP contribution < -0.4 is 9.47 Å². The summed E-state index contributed by atoms with van der Waals surface area (Å²) in [6, 6.07) is 12.4. The molecule has 0 radical (unpaired) electrons. The molecule has 2 aliphatic rings. The van der Waals surface area contributed by atoms with Crippen LogP contribution in [0.4, 0.5) is 0 Å². The molecule has 1 aromatic heterocycles. The summed E-state index contributed by atoms with van der Waals surface area (Å²) in [5.74, 6) is 2.08. The van der Waals surface area contributed by atoms with E-state index in [4.69, 9.17) is 14.0 Å². The number of benzene rings is 2. The highest BCUT2D eigenvalue weighted by Crippen LogP contribution is 2.36. The van der Waals surface area contributed by atoms with E-state index in [1.807, 2.05) is 37.3 Å². The minimum atomic E-state index is -3.56. The minimum absolute atomic E-state index is 0.144. The van der Waals surface area contributed by atoms with Crippen molar-refractivity contribution in [1.29, 1.82) is 0 Å². The van der Waals surface area contributed by atoms with E-state index in [-0.39, 0.29) is 12.7 Å². The molecule has 0 N–H and O–H groups in total. The summed E-state index contributed by atoms with van der Waals surface area (Å²) in [5.41, 5.74) is 1.78. The SMILES string of the molecule is Cc1ccc(S(=O)(=O)N2CCCC(c3nc(-c4ccc5c(c4)OCO5)no3)C2)cc1. The fourth-order valence-electron chi connectivity index (χ4n) is 3.78. The maximum absolute atomic E-state index is 13.0. The normalized spacial score (nSPS) is 19.2. The van der Waals surface area contributed by atoms with Gasteiger partial charge in [0.05, 0.1) is 10.8 Å². The Hall–Kier alpha value is -2.91. The Morgan fingerprint density at radius 2 is 1.87 bits per heavy atom. The van der Waals surface area contributed by atoms with E-state index in [0.29, 0.717) is 41.2 Å². The molecular weight excluding hydrogens is 406 g/mol. The van der Waals surface area contributed by atoms with E-state index in [2.05, 4.69) is 10.1 Å². The number of sulfonamides is 1. The van der Waals surface area contributed by atoms with Gasteiger partial charge in [0.15, 0.2) is 11.5 Å². The number of aromatic nitrogens is 2. The van der Waals surface area contributed by atoms with Gasteiger partial charge in [0.2, 0.25) is 28.5 Å². The standard InChI is InChI=1S/C21H21N3O5S/c1-14-4-7-17(8-5-14)30(25,26)24-10-2-3-16(12-24)21-22-20(23-29-21)15-6-9-18-19(11-15)28-13-27-18/h4-9,11,16H,2-3,10,12-13H2,1H3. The Bertz CT molecular complexity index is 1170. The molecule has 30 heavy (non-hydrogen) atoms. The Labute approximate surface area is 174 Å². The fourth-order valence-corrected chi connectivity index (χ4v) is 5.30. The number of aryl methyl sites for hydroxylation is 1. The molecule has 8 nitrogen and oxygen atoms in total. The van der Waals surface area contributed by atoms with E-state index in [1.54, 1.807) is 12.1 Å². The molecule has 2 aliphatic heterocycles. The third-order valence-corrected chi connectivity index (χ3v) is 7.34. The average molecular weight is 427 g/mol. The first-order chi connectivity index (χ1) is 14.5. The topological polar surface area (TPSA) is 94.8 Å². The van der Waals surface area contributed by atoms with Gasteiger partial charge in [-0.1, -0.05) is 22.9 Å². The van der Waals surface area contributed by atoms with Gasteiger partial charge in [-0.25, -0.2) is 8.42 Å². The van der Waals surface area contributed by atoms with Crippen molar-refractivity contribution in [2.45, 2.75) is 30.6 Å². The predicted octanol–water partition coefficient (Wildman–Crippen LogP) is 3.34. The van der Waals surface area contributed by atoms with Gasteiger partial charge in [0.1, 0.15) is 0 Å². The van der Waals surface area contributed by atoms with E-state index in [1.165, 1.54) is 4.31 Å². The van der Waals surface area contributed by atoms with Crippen molar-refractivity contribution >= 4 is 10.0 Å². The Morgan fingerprint density at radius 1 is 1.07 bits per heavy atom. The van der Waals surface area contributed by atoms with Crippen LogP contribution in [0.3, 0.4) is 0 Å². The Kier molecular flexibility index (Phi) is 4.71. The van der Waals surface area contributed by atoms with Crippen LogP contribution in [0.25, 0.3) is 11.4 Å². The van der Waals surface area contributed by atoms with Crippen molar-refractivity contribution in [3.8, 4) is 22.9 Å². The van der Waals surface area contributed by atoms with Gasteiger partial charge in [0.25, 0.3) is 0 Å². The van der Waals surface area contributed by atoms with Gasteiger partial charge in [-0.05, 0) is 50.1 Å². The molecule has 3 aromatic rings. The van der Waals surface area contributed by atoms with Crippen molar-refractivity contribution in [2.24, 2.45) is 0 Å². The molecule has 3 heterocycles. The van der Waals surface area contributed by atoms with Crippen LogP contribution in [0.15, 0.2) is 51.9 Å².